The summed E-state index contributed by atoms with van der Waals surface area (Å²) in [6, 6.07) is 2.77. The van der Waals surface area contributed by atoms with Gasteiger partial charge >= 0.3 is 0 Å². The molecule has 128 valence electrons. The van der Waals surface area contributed by atoms with E-state index in [2.05, 4.69) is 13.8 Å². The SMILES string of the molecule is C[C@@H]1C[C@H](C)CN(C(=O)CN2C(=O)c3cc(Cl)c(Cl)cc3C2=O)C1. The lowest BCUT2D eigenvalue weighted by Crippen LogP contribution is -2.48. The first-order valence-corrected chi connectivity index (χ1v) is 8.66. The van der Waals surface area contributed by atoms with Crippen LogP contribution < -0.4 is 0 Å². The summed E-state index contributed by atoms with van der Waals surface area (Å²) in [5, 5.41) is 0.423. The summed E-state index contributed by atoms with van der Waals surface area (Å²) in [6.45, 7) is 5.26. The molecule has 0 bridgehead atoms. The van der Waals surface area contributed by atoms with Gasteiger partial charge < -0.3 is 4.90 Å². The van der Waals surface area contributed by atoms with Crippen molar-refractivity contribution in [2.45, 2.75) is 20.3 Å². The van der Waals surface area contributed by atoms with Crippen molar-refractivity contribution in [2.75, 3.05) is 19.6 Å². The van der Waals surface area contributed by atoms with Gasteiger partial charge in [0.25, 0.3) is 11.8 Å². The number of carbonyl (C=O) groups is 3. The van der Waals surface area contributed by atoms with Gasteiger partial charge in [0.2, 0.25) is 5.91 Å². The minimum absolute atomic E-state index is 0.197. The fourth-order valence-electron chi connectivity index (χ4n) is 3.53. The van der Waals surface area contributed by atoms with Crippen molar-refractivity contribution in [3.05, 3.63) is 33.3 Å². The number of hydrogen-bond acceptors (Lipinski definition) is 3. The Labute approximate surface area is 150 Å². The molecule has 0 unspecified atom stereocenters. The van der Waals surface area contributed by atoms with Gasteiger partial charge in [0.15, 0.2) is 0 Å². The molecule has 2 aliphatic heterocycles. The molecule has 7 heteroatoms. The summed E-state index contributed by atoms with van der Waals surface area (Å²) in [6.07, 6.45) is 1.08. The third-order valence-corrected chi connectivity index (χ3v) is 5.25. The number of piperidine rings is 1. The molecule has 1 aromatic carbocycles. The van der Waals surface area contributed by atoms with Crippen molar-refractivity contribution in [3.63, 3.8) is 0 Å². The summed E-state index contributed by atoms with van der Waals surface area (Å²) in [4.78, 5) is 40.2. The van der Waals surface area contributed by atoms with Crippen LogP contribution in [0.1, 0.15) is 41.0 Å². The fourth-order valence-corrected chi connectivity index (χ4v) is 3.86. The van der Waals surface area contributed by atoms with Crippen LogP contribution in [-0.2, 0) is 4.79 Å². The van der Waals surface area contributed by atoms with Crippen molar-refractivity contribution < 1.29 is 14.4 Å². The normalized spacial score (nSPS) is 23.7. The van der Waals surface area contributed by atoms with Gasteiger partial charge in [0.1, 0.15) is 6.54 Å². The first kappa shape index (κ1) is 17.2. The van der Waals surface area contributed by atoms with Gasteiger partial charge in [0.05, 0.1) is 21.2 Å². The van der Waals surface area contributed by atoms with Crippen LogP contribution in [-0.4, -0.2) is 47.2 Å². The lowest BCUT2D eigenvalue weighted by Gasteiger charge is -2.35. The van der Waals surface area contributed by atoms with E-state index in [1.165, 1.54) is 12.1 Å². The third kappa shape index (κ3) is 3.03. The number of likely N-dealkylation sites (tertiary alicyclic amines) is 1. The average molecular weight is 369 g/mol. The highest BCUT2D eigenvalue weighted by Crippen LogP contribution is 2.31. The van der Waals surface area contributed by atoms with E-state index >= 15 is 0 Å². The second-order valence-electron chi connectivity index (χ2n) is 6.75. The standard InChI is InChI=1S/C17H18Cl2N2O3/c1-9-3-10(2)7-20(6-9)15(22)8-21-16(23)11-4-13(18)14(19)5-12(11)17(21)24/h4-5,9-10H,3,6-8H2,1-2H3/t9-,10+. The van der Waals surface area contributed by atoms with E-state index in [9.17, 15) is 14.4 Å². The molecule has 0 N–H and O–H groups in total. The molecule has 2 aliphatic rings. The molecule has 1 saturated heterocycles. The number of amides is 3. The minimum Gasteiger partial charge on any atom is -0.341 e. The van der Waals surface area contributed by atoms with Gasteiger partial charge in [-0.2, -0.15) is 0 Å². The average Bonchev–Trinajstić information content (AvgIpc) is 2.72. The van der Waals surface area contributed by atoms with Crippen molar-refractivity contribution in [1.29, 1.82) is 0 Å². The fraction of sp³-hybridized carbons (Fsp3) is 0.471. The first-order chi connectivity index (χ1) is 11.3. The monoisotopic (exact) mass is 368 g/mol. The Bertz CT molecular complexity index is 684. The van der Waals surface area contributed by atoms with Crippen LogP contribution in [0.2, 0.25) is 10.0 Å². The van der Waals surface area contributed by atoms with Crippen LogP contribution >= 0.6 is 23.2 Å². The Hall–Kier alpha value is -1.59. The number of fused-ring (bicyclic) bond motifs is 1. The molecule has 3 rings (SSSR count). The summed E-state index contributed by atoms with van der Waals surface area (Å²) in [5.74, 6) is -0.380. The number of imide groups is 1. The molecule has 2 heterocycles. The quantitative estimate of drug-likeness (QED) is 0.753. The van der Waals surface area contributed by atoms with E-state index in [1.807, 2.05) is 0 Å². The van der Waals surface area contributed by atoms with Crippen LogP contribution in [0.5, 0.6) is 0 Å². The summed E-state index contributed by atoms with van der Waals surface area (Å²) >= 11 is 11.8. The van der Waals surface area contributed by atoms with Crippen LogP contribution in [0, 0.1) is 11.8 Å². The molecule has 2 atom stereocenters. The number of hydrogen-bond donors (Lipinski definition) is 0. The predicted molar refractivity (Wildman–Crippen MR) is 91.4 cm³/mol. The van der Waals surface area contributed by atoms with Gasteiger partial charge in [-0.25, -0.2) is 0 Å². The zero-order chi connectivity index (χ0) is 17.6. The third-order valence-electron chi connectivity index (χ3n) is 4.53. The lowest BCUT2D eigenvalue weighted by atomic mass is 9.92. The van der Waals surface area contributed by atoms with E-state index in [1.54, 1.807) is 4.90 Å². The molecule has 1 fully saturated rings. The van der Waals surface area contributed by atoms with E-state index in [0.29, 0.717) is 24.9 Å². The molecule has 3 amide bonds. The topological polar surface area (TPSA) is 57.7 Å². The lowest BCUT2D eigenvalue weighted by molar-refractivity contribution is -0.134. The van der Waals surface area contributed by atoms with Crippen LogP contribution in [0.25, 0.3) is 0 Å². The molecular weight excluding hydrogens is 351 g/mol. The maximum Gasteiger partial charge on any atom is 0.262 e. The van der Waals surface area contributed by atoms with Crippen molar-refractivity contribution in [2.24, 2.45) is 11.8 Å². The van der Waals surface area contributed by atoms with Crippen molar-refractivity contribution >= 4 is 40.9 Å². The number of rotatable bonds is 2. The van der Waals surface area contributed by atoms with Gasteiger partial charge in [-0.1, -0.05) is 37.0 Å². The van der Waals surface area contributed by atoms with E-state index in [0.717, 1.165) is 11.3 Å². The molecule has 24 heavy (non-hydrogen) atoms. The van der Waals surface area contributed by atoms with Gasteiger partial charge in [-0.05, 0) is 30.4 Å². The Morgan fingerprint density at radius 1 is 1.04 bits per heavy atom. The predicted octanol–water partition coefficient (Wildman–Crippen LogP) is 3.09. The van der Waals surface area contributed by atoms with Gasteiger partial charge in [-0.3, -0.25) is 19.3 Å². The van der Waals surface area contributed by atoms with Crippen LogP contribution in [0.15, 0.2) is 12.1 Å². The highest BCUT2D eigenvalue weighted by atomic mass is 35.5. The molecule has 0 aromatic heterocycles. The first-order valence-electron chi connectivity index (χ1n) is 7.91. The largest absolute Gasteiger partial charge is 0.341 e. The Kier molecular flexibility index (Phi) is 4.58. The maximum atomic E-state index is 12.5. The Morgan fingerprint density at radius 3 is 1.96 bits per heavy atom. The highest BCUT2D eigenvalue weighted by Gasteiger charge is 2.38. The molecule has 0 aliphatic carbocycles. The zero-order valence-corrected chi connectivity index (χ0v) is 15.0. The van der Waals surface area contributed by atoms with Gasteiger partial charge in [-0.15, -0.1) is 0 Å². The zero-order valence-electron chi connectivity index (χ0n) is 13.5. The summed E-state index contributed by atoms with van der Waals surface area (Å²) in [5.41, 5.74) is 0.394. The summed E-state index contributed by atoms with van der Waals surface area (Å²) < 4.78 is 0. The Morgan fingerprint density at radius 2 is 1.50 bits per heavy atom. The smallest absolute Gasteiger partial charge is 0.262 e. The minimum atomic E-state index is -0.500. The summed E-state index contributed by atoms with van der Waals surface area (Å²) in [7, 11) is 0. The second-order valence-corrected chi connectivity index (χ2v) is 7.57. The van der Waals surface area contributed by atoms with Gasteiger partial charge in [0, 0.05) is 13.1 Å². The second kappa shape index (κ2) is 6.37. The molecule has 0 radical (unpaired) electrons. The van der Waals surface area contributed by atoms with E-state index < -0.39 is 11.8 Å². The number of halogens is 2. The molecule has 1 aromatic rings. The number of benzene rings is 1. The Balaban J connectivity index is 1.78. The number of carbonyl (C=O) groups excluding carboxylic acids is 3. The van der Waals surface area contributed by atoms with Crippen molar-refractivity contribution in [1.82, 2.24) is 9.80 Å². The molecule has 0 saturated carbocycles. The van der Waals surface area contributed by atoms with Crippen LogP contribution in [0.4, 0.5) is 0 Å². The van der Waals surface area contributed by atoms with E-state index in [4.69, 9.17) is 23.2 Å². The van der Waals surface area contributed by atoms with Crippen LogP contribution in [0.3, 0.4) is 0 Å². The van der Waals surface area contributed by atoms with E-state index in [-0.39, 0.29) is 33.6 Å². The number of nitrogens with zero attached hydrogens (tertiary/aromatic N) is 2. The van der Waals surface area contributed by atoms with Crippen molar-refractivity contribution in [3.8, 4) is 0 Å². The highest BCUT2D eigenvalue weighted by molar-refractivity contribution is 6.43. The maximum absolute atomic E-state index is 12.5. The molecule has 5 nitrogen and oxygen atoms in total. The molecule has 0 spiro atoms. The molecular formula is C17H18Cl2N2O3.